The van der Waals surface area contributed by atoms with Crippen LogP contribution in [0.1, 0.15) is 44.9 Å². The molecule has 0 radical (unpaired) electrons. The van der Waals surface area contributed by atoms with Gasteiger partial charge in [-0.05, 0) is 32.1 Å². The van der Waals surface area contributed by atoms with Crippen LogP contribution in [0.4, 0.5) is 0 Å². The van der Waals surface area contributed by atoms with Gasteiger partial charge in [-0.3, -0.25) is 9.59 Å². The highest BCUT2D eigenvalue weighted by atomic mass is 16.5. The van der Waals surface area contributed by atoms with Crippen LogP contribution in [-0.4, -0.2) is 29.2 Å². The summed E-state index contributed by atoms with van der Waals surface area (Å²) in [4.78, 5) is 21.8. The first kappa shape index (κ1) is 13.0. The van der Waals surface area contributed by atoms with E-state index in [0.717, 1.165) is 25.7 Å². The molecule has 1 atom stereocenters. The lowest BCUT2D eigenvalue weighted by molar-refractivity contribution is -0.152. The van der Waals surface area contributed by atoms with Crippen molar-refractivity contribution in [3.8, 4) is 0 Å². The van der Waals surface area contributed by atoms with Crippen LogP contribution >= 0.6 is 0 Å². The number of carbonyl (C=O) groups is 2. The Labute approximate surface area is 95.0 Å². The van der Waals surface area contributed by atoms with Gasteiger partial charge in [-0.1, -0.05) is 6.42 Å². The van der Waals surface area contributed by atoms with Crippen LogP contribution in [0.25, 0.3) is 0 Å². The third-order valence-electron chi connectivity index (χ3n) is 2.81. The number of esters is 1. The summed E-state index contributed by atoms with van der Waals surface area (Å²) in [5.74, 6) is -1.41. The zero-order chi connectivity index (χ0) is 12.0. The fourth-order valence-corrected chi connectivity index (χ4v) is 1.83. The van der Waals surface area contributed by atoms with Crippen molar-refractivity contribution in [2.75, 3.05) is 0 Å². The molecular weight excluding hydrogens is 210 g/mol. The highest BCUT2D eigenvalue weighted by Crippen LogP contribution is 2.20. The zero-order valence-corrected chi connectivity index (χ0v) is 9.35. The highest BCUT2D eigenvalue weighted by Gasteiger charge is 2.22. The number of rotatable bonds is 5. The van der Waals surface area contributed by atoms with Crippen molar-refractivity contribution in [1.82, 2.24) is 0 Å². The average molecular weight is 229 g/mol. The number of hydrogen-bond acceptors (Lipinski definition) is 4. The zero-order valence-electron chi connectivity index (χ0n) is 9.35. The van der Waals surface area contributed by atoms with Gasteiger partial charge >= 0.3 is 11.9 Å². The molecule has 0 spiro atoms. The van der Waals surface area contributed by atoms with Crippen LogP contribution < -0.4 is 5.73 Å². The Hall–Kier alpha value is -1.10. The minimum Gasteiger partial charge on any atom is -0.481 e. The van der Waals surface area contributed by atoms with Crippen molar-refractivity contribution in [2.45, 2.75) is 57.1 Å². The van der Waals surface area contributed by atoms with Crippen LogP contribution in [0.5, 0.6) is 0 Å². The van der Waals surface area contributed by atoms with Gasteiger partial charge in [0.05, 0.1) is 0 Å². The molecule has 5 nitrogen and oxygen atoms in total. The van der Waals surface area contributed by atoms with Gasteiger partial charge in [0.15, 0.2) is 0 Å². The van der Waals surface area contributed by atoms with Crippen molar-refractivity contribution >= 4 is 11.9 Å². The fraction of sp³-hybridized carbons (Fsp3) is 0.818. The minimum absolute atomic E-state index is 0.0165. The second kappa shape index (κ2) is 6.48. The maximum absolute atomic E-state index is 11.5. The second-order valence-electron chi connectivity index (χ2n) is 4.24. The van der Waals surface area contributed by atoms with Gasteiger partial charge in [0.25, 0.3) is 0 Å². The molecule has 1 unspecified atom stereocenters. The summed E-state index contributed by atoms with van der Waals surface area (Å²) in [5.41, 5.74) is 5.54. The second-order valence-corrected chi connectivity index (χ2v) is 4.24. The molecule has 1 aliphatic carbocycles. The smallest absolute Gasteiger partial charge is 0.323 e. The van der Waals surface area contributed by atoms with Gasteiger partial charge in [-0.25, -0.2) is 0 Å². The van der Waals surface area contributed by atoms with E-state index in [-0.39, 0.29) is 18.9 Å². The van der Waals surface area contributed by atoms with Gasteiger partial charge in [0.1, 0.15) is 12.1 Å². The molecule has 1 saturated carbocycles. The van der Waals surface area contributed by atoms with E-state index in [2.05, 4.69) is 0 Å². The maximum atomic E-state index is 11.5. The van der Waals surface area contributed by atoms with Gasteiger partial charge in [0, 0.05) is 6.42 Å². The quantitative estimate of drug-likeness (QED) is 0.688. The molecular formula is C11H19NO4. The molecule has 3 N–H and O–H groups in total. The molecule has 1 rings (SSSR count). The van der Waals surface area contributed by atoms with E-state index in [1.165, 1.54) is 6.42 Å². The van der Waals surface area contributed by atoms with Crippen LogP contribution in [0.15, 0.2) is 0 Å². The summed E-state index contributed by atoms with van der Waals surface area (Å²) >= 11 is 0. The highest BCUT2D eigenvalue weighted by molar-refractivity contribution is 5.76. The molecule has 0 amide bonds. The van der Waals surface area contributed by atoms with Crippen molar-refractivity contribution in [3.05, 3.63) is 0 Å². The van der Waals surface area contributed by atoms with Gasteiger partial charge in [-0.2, -0.15) is 0 Å². The number of carboxylic acids is 1. The Morgan fingerprint density at radius 1 is 1.31 bits per heavy atom. The molecule has 5 heteroatoms. The third-order valence-corrected chi connectivity index (χ3v) is 2.81. The van der Waals surface area contributed by atoms with Crippen molar-refractivity contribution in [3.63, 3.8) is 0 Å². The number of carbonyl (C=O) groups excluding carboxylic acids is 1. The van der Waals surface area contributed by atoms with E-state index in [1.54, 1.807) is 0 Å². The summed E-state index contributed by atoms with van der Waals surface area (Å²) in [5, 5.41) is 8.46. The predicted molar refractivity (Wildman–Crippen MR) is 57.8 cm³/mol. The van der Waals surface area contributed by atoms with E-state index in [0.29, 0.717) is 0 Å². The van der Waals surface area contributed by atoms with Gasteiger partial charge in [-0.15, -0.1) is 0 Å². The Morgan fingerprint density at radius 2 is 1.94 bits per heavy atom. The summed E-state index contributed by atoms with van der Waals surface area (Å²) in [6.45, 7) is 0. The normalized spacial score (nSPS) is 19.1. The standard InChI is InChI=1S/C11H19NO4/c12-9(6-7-10(13)14)11(15)16-8-4-2-1-3-5-8/h8-9H,1-7,12H2,(H,13,14). The molecule has 1 fully saturated rings. The van der Waals surface area contributed by atoms with E-state index >= 15 is 0 Å². The lowest BCUT2D eigenvalue weighted by atomic mass is 9.98. The minimum atomic E-state index is -0.944. The molecule has 92 valence electrons. The fourth-order valence-electron chi connectivity index (χ4n) is 1.83. The molecule has 0 heterocycles. The third kappa shape index (κ3) is 4.61. The van der Waals surface area contributed by atoms with Crippen LogP contribution in [0.2, 0.25) is 0 Å². The van der Waals surface area contributed by atoms with Gasteiger partial charge < -0.3 is 15.6 Å². The number of hydrogen-bond donors (Lipinski definition) is 2. The first-order chi connectivity index (χ1) is 7.59. The molecule has 1 aliphatic rings. The summed E-state index contributed by atoms with van der Waals surface area (Å²) in [6.07, 6.45) is 5.19. The number of aliphatic carboxylic acids is 1. The van der Waals surface area contributed by atoms with Gasteiger partial charge in [0.2, 0.25) is 0 Å². The molecule has 0 aromatic rings. The number of nitrogens with two attached hydrogens (primary N) is 1. The SMILES string of the molecule is NC(CCC(=O)O)C(=O)OC1CCCCC1. The number of ether oxygens (including phenoxy) is 1. The van der Waals surface area contributed by atoms with Crippen molar-refractivity contribution in [2.24, 2.45) is 5.73 Å². The molecule has 0 saturated heterocycles. The van der Waals surface area contributed by atoms with Crippen molar-refractivity contribution in [1.29, 1.82) is 0 Å². The lowest BCUT2D eigenvalue weighted by Crippen LogP contribution is -2.36. The van der Waals surface area contributed by atoms with E-state index < -0.39 is 18.0 Å². The summed E-state index contributed by atoms with van der Waals surface area (Å²) in [6, 6.07) is -0.807. The van der Waals surface area contributed by atoms with Crippen LogP contribution in [0.3, 0.4) is 0 Å². The molecule has 16 heavy (non-hydrogen) atoms. The number of carboxylic acid groups (broad SMARTS) is 1. The Bertz CT molecular complexity index is 248. The first-order valence-corrected chi connectivity index (χ1v) is 5.77. The van der Waals surface area contributed by atoms with E-state index in [1.807, 2.05) is 0 Å². The average Bonchev–Trinajstić information content (AvgIpc) is 2.27. The topological polar surface area (TPSA) is 89.6 Å². The van der Waals surface area contributed by atoms with E-state index in [9.17, 15) is 9.59 Å². The molecule has 0 aliphatic heterocycles. The first-order valence-electron chi connectivity index (χ1n) is 5.77. The Balaban J connectivity index is 2.24. The van der Waals surface area contributed by atoms with Crippen molar-refractivity contribution < 1.29 is 19.4 Å². The maximum Gasteiger partial charge on any atom is 0.323 e. The summed E-state index contributed by atoms with van der Waals surface area (Å²) < 4.78 is 5.23. The Morgan fingerprint density at radius 3 is 2.50 bits per heavy atom. The van der Waals surface area contributed by atoms with E-state index in [4.69, 9.17) is 15.6 Å². The predicted octanol–water partition coefficient (Wildman–Crippen LogP) is 1.05. The largest absolute Gasteiger partial charge is 0.481 e. The monoisotopic (exact) mass is 229 g/mol. The molecule has 0 aromatic heterocycles. The molecule has 0 bridgehead atoms. The Kier molecular flexibility index (Phi) is 5.25. The lowest BCUT2D eigenvalue weighted by Gasteiger charge is -2.23. The molecule has 0 aromatic carbocycles. The van der Waals surface area contributed by atoms with Crippen LogP contribution in [-0.2, 0) is 14.3 Å². The summed E-state index contributed by atoms with van der Waals surface area (Å²) in [7, 11) is 0. The van der Waals surface area contributed by atoms with Crippen LogP contribution in [0, 0.1) is 0 Å².